The molecule has 7 nitrogen and oxygen atoms in total. The fraction of sp³-hybridized carbons (Fsp3) is 0.160. The zero-order chi connectivity index (χ0) is 23.7. The van der Waals surface area contributed by atoms with Gasteiger partial charge in [0.15, 0.2) is 0 Å². The molecule has 8 heteroatoms. The Hall–Kier alpha value is -3.84. The molecule has 0 bridgehead atoms. The van der Waals surface area contributed by atoms with E-state index < -0.39 is 17.7 Å². The summed E-state index contributed by atoms with van der Waals surface area (Å²) in [5.41, 5.74) is 1.75. The molecule has 1 aliphatic rings. The van der Waals surface area contributed by atoms with E-state index >= 15 is 0 Å². The van der Waals surface area contributed by atoms with Crippen LogP contribution in [-0.4, -0.2) is 36.0 Å². The van der Waals surface area contributed by atoms with Gasteiger partial charge in [-0.05, 0) is 61.0 Å². The summed E-state index contributed by atoms with van der Waals surface area (Å²) < 4.78 is 10.6. The van der Waals surface area contributed by atoms with Crippen molar-refractivity contribution >= 4 is 34.7 Å². The number of carbonyl (C=O) groups excluding carboxylic acids is 2. The van der Waals surface area contributed by atoms with Gasteiger partial charge in [0.05, 0.1) is 36.1 Å². The van der Waals surface area contributed by atoms with Crippen LogP contribution < -0.4 is 14.4 Å². The number of hydrogen-bond donors (Lipinski definition) is 1. The molecule has 0 spiro atoms. The van der Waals surface area contributed by atoms with Crippen LogP contribution in [0.15, 0.2) is 66.4 Å². The van der Waals surface area contributed by atoms with E-state index in [1.165, 1.54) is 19.1 Å². The van der Waals surface area contributed by atoms with Crippen LogP contribution in [-0.2, 0) is 9.59 Å². The number of aliphatic hydroxyl groups excluding tert-OH is 1. The third-order valence-electron chi connectivity index (χ3n) is 5.41. The van der Waals surface area contributed by atoms with Gasteiger partial charge in [-0.25, -0.2) is 0 Å². The predicted octanol–water partition coefficient (Wildman–Crippen LogP) is 4.69. The molecule has 0 radical (unpaired) electrons. The van der Waals surface area contributed by atoms with Gasteiger partial charge in [0, 0.05) is 11.9 Å². The van der Waals surface area contributed by atoms with Crippen LogP contribution in [0, 0.1) is 6.92 Å². The number of benzene rings is 2. The minimum Gasteiger partial charge on any atom is -0.507 e. The summed E-state index contributed by atoms with van der Waals surface area (Å²) in [6, 6.07) is 14.3. The van der Waals surface area contributed by atoms with Gasteiger partial charge in [0.1, 0.15) is 23.3 Å². The quantitative estimate of drug-likeness (QED) is 0.335. The first-order chi connectivity index (χ1) is 15.9. The number of anilines is 1. The van der Waals surface area contributed by atoms with Crippen molar-refractivity contribution in [3.63, 3.8) is 0 Å². The zero-order valence-corrected chi connectivity index (χ0v) is 19.0. The number of rotatable bonds is 5. The highest BCUT2D eigenvalue weighted by Crippen LogP contribution is 2.44. The van der Waals surface area contributed by atoms with Crippen molar-refractivity contribution in [1.82, 2.24) is 4.98 Å². The summed E-state index contributed by atoms with van der Waals surface area (Å²) in [6.07, 6.45) is 1.56. The van der Waals surface area contributed by atoms with Crippen LogP contribution in [0.25, 0.3) is 5.76 Å². The van der Waals surface area contributed by atoms with E-state index in [0.29, 0.717) is 17.1 Å². The average Bonchev–Trinajstić information content (AvgIpc) is 3.09. The fourth-order valence-electron chi connectivity index (χ4n) is 3.92. The molecule has 1 fully saturated rings. The molecule has 1 atom stereocenters. The highest BCUT2D eigenvalue weighted by atomic mass is 35.5. The molecule has 4 rings (SSSR count). The van der Waals surface area contributed by atoms with Crippen molar-refractivity contribution in [2.24, 2.45) is 0 Å². The molecule has 0 aliphatic carbocycles. The number of aliphatic hydroxyl groups is 1. The van der Waals surface area contributed by atoms with Gasteiger partial charge in [-0.3, -0.25) is 19.5 Å². The maximum absolute atomic E-state index is 13.2. The molecule has 2 heterocycles. The van der Waals surface area contributed by atoms with Gasteiger partial charge in [-0.15, -0.1) is 0 Å². The van der Waals surface area contributed by atoms with Gasteiger partial charge in [0.25, 0.3) is 11.7 Å². The smallest absolute Gasteiger partial charge is 0.300 e. The molecule has 1 aromatic heterocycles. The molecule has 1 aliphatic heterocycles. The van der Waals surface area contributed by atoms with Crippen molar-refractivity contribution in [2.75, 3.05) is 19.1 Å². The number of methoxy groups -OCH3 is 2. The Labute approximate surface area is 195 Å². The fourth-order valence-corrected chi connectivity index (χ4v) is 4.27. The first kappa shape index (κ1) is 22.4. The van der Waals surface area contributed by atoms with Gasteiger partial charge >= 0.3 is 0 Å². The van der Waals surface area contributed by atoms with E-state index in [1.54, 1.807) is 67.7 Å². The monoisotopic (exact) mass is 464 g/mol. The highest BCUT2D eigenvalue weighted by molar-refractivity contribution is 6.51. The number of hydrogen-bond acceptors (Lipinski definition) is 6. The van der Waals surface area contributed by atoms with Gasteiger partial charge in [0.2, 0.25) is 0 Å². The topological polar surface area (TPSA) is 89.0 Å². The normalized spacial score (nSPS) is 17.3. The lowest BCUT2D eigenvalue weighted by Gasteiger charge is -2.25. The second kappa shape index (κ2) is 8.96. The number of ether oxygens (including phenoxy) is 2. The predicted molar refractivity (Wildman–Crippen MR) is 125 cm³/mol. The van der Waals surface area contributed by atoms with Crippen molar-refractivity contribution in [2.45, 2.75) is 13.0 Å². The summed E-state index contributed by atoms with van der Waals surface area (Å²) in [4.78, 5) is 32.1. The highest BCUT2D eigenvalue weighted by Gasteiger charge is 2.48. The Bertz CT molecular complexity index is 1260. The van der Waals surface area contributed by atoms with E-state index in [1.807, 2.05) is 0 Å². The van der Waals surface area contributed by atoms with Crippen LogP contribution in [0.2, 0.25) is 5.02 Å². The summed E-state index contributed by atoms with van der Waals surface area (Å²) in [5, 5.41) is 11.6. The zero-order valence-electron chi connectivity index (χ0n) is 18.2. The number of nitrogens with zero attached hydrogens (tertiary/aromatic N) is 2. The lowest BCUT2D eigenvalue weighted by atomic mass is 9.97. The number of amides is 1. The summed E-state index contributed by atoms with van der Waals surface area (Å²) >= 11 is 6.31. The summed E-state index contributed by atoms with van der Waals surface area (Å²) in [5.74, 6) is -1.20. The molecule has 2 aromatic carbocycles. The van der Waals surface area contributed by atoms with Crippen molar-refractivity contribution in [1.29, 1.82) is 0 Å². The van der Waals surface area contributed by atoms with Gasteiger partial charge in [-0.1, -0.05) is 17.7 Å². The van der Waals surface area contributed by atoms with E-state index in [9.17, 15) is 14.7 Å². The van der Waals surface area contributed by atoms with E-state index in [-0.39, 0.29) is 27.7 Å². The number of Topliss-reactive ketones (excluding diaryl/α,β-unsaturated/α-hetero) is 1. The molecule has 33 heavy (non-hydrogen) atoms. The SMILES string of the molecule is COc1ccc(N2C(=O)C(=O)/C(=C(/O)c3cc(C)cc(Cl)c3OC)C2c2ccccn2)cc1. The molecule has 3 aromatic rings. The molecule has 1 saturated heterocycles. The number of carbonyl (C=O) groups is 2. The van der Waals surface area contributed by atoms with Crippen LogP contribution in [0.3, 0.4) is 0 Å². The second-order valence-electron chi connectivity index (χ2n) is 7.45. The molecule has 1 N–H and O–H groups in total. The van der Waals surface area contributed by atoms with E-state index in [4.69, 9.17) is 21.1 Å². The molecule has 1 amide bonds. The molecule has 168 valence electrons. The first-order valence-corrected chi connectivity index (χ1v) is 10.5. The number of ketones is 1. The summed E-state index contributed by atoms with van der Waals surface area (Å²) in [7, 11) is 2.95. The van der Waals surface area contributed by atoms with Gasteiger partial charge in [-0.2, -0.15) is 0 Å². The molecular formula is C25H21ClN2O5. The van der Waals surface area contributed by atoms with E-state index in [2.05, 4.69) is 4.98 Å². The first-order valence-electron chi connectivity index (χ1n) is 10.1. The lowest BCUT2D eigenvalue weighted by molar-refractivity contribution is -0.132. The summed E-state index contributed by atoms with van der Waals surface area (Å²) in [6.45, 7) is 1.80. The Balaban J connectivity index is 1.97. The van der Waals surface area contributed by atoms with Crippen LogP contribution in [0.1, 0.15) is 22.9 Å². The lowest BCUT2D eigenvalue weighted by Crippen LogP contribution is -2.29. The number of aryl methyl sites for hydroxylation is 1. The number of pyridine rings is 1. The minimum atomic E-state index is -0.955. The maximum atomic E-state index is 13.2. The van der Waals surface area contributed by atoms with Crippen LogP contribution >= 0.6 is 11.6 Å². The molecular weight excluding hydrogens is 444 g/mol. The Morgan fingerprint density at radius 3 is 2.39 bits per heavy atom. The van der Waals surface area contributed by atoms with Crippen molar-refractivity contribution < 1.29 is 24.2 Å². The van der Waals surface area contributed by atoms with E-state index in [0.717, 1.165) is 5.56 Å². The minimum absolute atomic E-state index is 0.102. The maximum Gasteiger partial charge on any atom is 0.300 e. The third kappa shape index (κ3) is 3.91. The Kier molecular flexibility index (Phi) is 6.07. The standard InChI is InChI=1S/C25H21ClN2O5/c1-14-12-17(24(33-3)18(26)13-14)22(29)20-21(19-6-4-5-11-27-19)28(25(31)23(20)30)15-7-9-16(32-2)10-8-15/h4-13,21,29H,1-3H3/b22-20+. The average molecular weight is 465 g/mol. The Morgan fingerprint density at radius 1 is 1.06 bits per heavy atom. The van der Waals surface area contributed by atoms with Crippen molar-refractivity contribution in [3.05, 3.63) is 88.2 Å². The largest absolute Gasteiger partial charge is 0.507 e. The Morgan fingerprint density at radius 2 is 1.79 bits per heavy atom. The van der Waals surface area contributed by atoms with Crippen molar-refractivity contribution in [3.8, 4) is 11.5 Å². The number of halogens is 1. The van der Waals surface area contributed by atoms with Gasteiger partial charge < -0.3 is 14.6 Å². The molecule has 1 unspecified atom stereocenters. The number of aromatic nitrogens is 1. The van der Waals surface area contributed by atoms with Crippen LogP contribution in [0.4, 0.5) is 5.69 Å². The molecule has 0 saturated carbocycles. The van der Waals surface area contributed by atoms with Crippen LogP contribution in [0.5, 0.6) is 11.5 Å². The third-order valence-corrected chi connectivity index (χ3v) is 5.69. The second-order valence-corrected chi connectivity index (χ2v) is 7.86.